The molecule has 9 heteroatoms. The van der Waals surface area contributed by atoms with Gasteiger partial charge in [0.15, 0.2) is 0 Å². The molecule has 0 aliphatic carbocycles. The minimum atomic E-state index is -4.09. The number of halogens is 1. The van der Waals surface area contributed by atoms with Gasteiger partial charge in [0.2, 0.25) is 0 Å². The van der Waals surface area contributed by atoms with Gasteiger partial charge in [-0.25, -0.2) is 22.5 Å². The number of rotatable bonds is 4. The second-order valence-corrected chi connectivity index (χ2v) is 8.52. The fourth-order valence-electron chi connectivity index (χ4n) is 3.28. The topological polar surface area (TPSA) is 96.8 Å². The molecule has 1 aromatic heterocycles. The van der Waals surface area contributed by atoms with Gasteiger partial charge in [0.1, 0.15) is 22.0 Å². The highest BCUT2D eigenvalue weighted by atomic mass is 35.5. The minimum absolute atomic E-state index is 0.0446. The van der Waals surface area contributed by atoms with Crippen molar-refractivity contribution in [2.75, 3.05) is 18.0 Å². The molecule has 0 bridgehead atoms. The SMILES string of the molecule is COc1cccc2cc3c(nc12)N(S(=O)(=O)c1cc(C(=O)O)ccc1Cl)CC3. The van der Waals surface area contributed by atoms with E-state index < -0.39 is 16.0 Å². The zero-order valence-corrected chi connectivity index (χ0v) is 16.3. The maximum Gasteiger partial charge on any atom is 0.335 e. The highest BCUT2D eigenvalue weighted by molar-refractivity contribution is 7.93. The Bertz CT molecular complexity index is 1230. The highest BCUT2D eigenvalue weighted by Gasteiger charge is 2.34. The van der Waals surface area contributed by atoms with Crippen LogP contribution in [0.25, 0.3) is 10.9 Å². The maximum atomic E-state index is 13.3. The molecule has 1 aliphatic rings. The van der Waals surface area contributed by atoms with E-state index in [1.165, 1.54) is 23.5 Å². The first-order valence-electron chi connectivity index (χ1n) is 8.35. The summed E-state index contributed by atoms with van der Waals surface area (Å²) in [7, 11) is -2.57. The van der Waals surface area contributed by atoms with Gasteiger partial charge in [-0.05, 0) is 42.3 Å². The van der Waals surface area contributed by atoms with Crippen LogP contribution in [0.15, 0.2) is 47.4 Å². The first-order chi connectivity index (χ1) is 13.3. The van der Waals surface area contributed by atoms with Gasteiger partial charge in [-0.2, -0.15) is 0 Å². The summed E-state index contributed by atoms with van der Waals surface area (Å²) in [5.41, 5.74) is 1.18. The zero-order chi connectivity index (χ0) is 20.1. The maximum absolute atomic E-state index is 13.3. The van der Waals surface area contributed by atoms with Crippen molar-refractivity contribution < 1.29 is 23.1 Å². The third kappa shape index (κ3) is 2.85. The van der Waals surface area contributed by atoms with E-state index in [2.05, 4.69) is 4.98 Å². The number of anilines is 1. The fourth-order valence-corrected chi connectivity index (χ4v) is 5.24. The number of carbonyl (C=O) groups is 1. The molecule has 1 N–H and O–H groups in total. The van der Waals surface area contributed by atoms with Crippen molar-refractivity contribution in [3.05, 3.63) is 58.6 Å². The van der Waals surface area contributed by atoms with Crippen LogP contribution in [0.1, 0.15) is 15.9 Å². The summed E-state index contributed by atoms with van der Waals surface area (Å²) in [5, 5.41) is 9.99. The Morgan fingerprint density at radius 3 is 2.75 bits per heavy atom. The quantitative estimate of drug-likeness (QED) is 0.697. The summed E-state index contributed by atoms with van der Waals surface area (Å²) < 4.78 is 33.0. The lowest BCUT2D eigenvalue weighted by Crippen LogP contribution is -2.30. The molecule has 28 heavy (non-hydrogen) atoms. The predicted octanol–water partition coefficient (Wildman–Crippen LogP) is 3.35. The molecular weight excluding hydrogens is 404 g/mol. The van der Waals surface area contributed by atoms with E-state index in [4.69, 9.17) is 16.3 Å². The van der Waals surface area contributed by atoms with Gasteiger partial charge in [-0.15, -0.1) is 0 Å². The Morgan fingerprint density at radius 1 is 1.25 bits per heavy atom. The largest absolute Gasteiger partial charge is 0.494 e. The number of aromatic carboxylic acids is 1. The van der Waals surface area contributed by atoms with E-state index in [0.29, 0.717) is 23.5 Å². The lowest BCUT2D eigenvalue weighted by Gasteiger charge is -2.20. The van der Waals surface area contributed by atoms with Gasteiger partial charge in [0, 0.05) is 11.9 Å². The van der Waals surface area contributed by atoms with Gasteiger partial charge in [-0.1, -0.05) is 23.7 Å². The molecule has 1 aliphatic heterocycles. The summed E-state index contributed by atoms with van der Waals surface area (Å²) in [5.74, 6) is -0.395. The average molecular weight is 419 g/mol. The molecule has 144 valence electrons. The smallest absolute Gasteiger partial charge is 0.335 e. The van der Waals surface area contributed by atoms with Crippen LogP contribution in [0.3, 0.4) is 0 Å². The van der Waals surface area contributed by atoms with Crippen molar-refractivity contribution >= 4 is 44.3 Å². The number of nitrogens with zero attached hydrogens (tertiary/aromatic N) is 2. The minimum Gasteiger partial charge on any atom is -0.494 e. The molecule has 0 unspecified atom stereocenters. The number of hydrogen-bond donors (Lipinski definition) is 1. The zero-order valence-electron chi connectivity index (χ0n) is 14.7. The Morgan fingerprint density at radius 2 is 2.04 bits per heavy atom. The van der Waals surface area contributed by atoms with Crippen LogP contribution in [0.5, 0.6) is 5.75 Å². The molecule has 0 spiro atoms. The van der Waals surface area contributed by atoms with E-state index in [9.17, 15) is 18.3 Å². The number of para-hydroxylation sites is 1. The molecule has 0 amide bonds. The van der Waals surface area contributed by atoms with E-state index in [-0.39, 0.29) is 22.0 Å². The molecule has 0 radical (unpaired) electrons. The number of carboxylic acids is 1. The molecule has 3 aromatic rings. The van der Waals surface area contributed by atoms with Crippen molar-refractivity contribution in [3.8, 4) is 5.75 Å². The standard InChI is InChI=1S/C19H15ClN2O5S/c1-27-15-4-2-3-11-9-12-7-8-22(18(12)21-17(11)15)28(25,26)16-10-13(19(23)24)5-6-14(16)20/h2-6,9-10H,7-8H2,1H3,(H,23,24). The number of aromatic nitrogens is 1. The molecular formula is C19H15ClN2O5S. The van der Waals surface area contributed by atoms with Gasteiger partial charge in [-0.3, -0.25) is 0 Å². The van der Waals surface area contributed by atoms with Crippen LogP contribution in [0, 0.1) is 0 Å². The second-order valence-electron chi connectivity index (χ2n) is 6.28. The van der Waals surface area contributed by atoms with Crippen LogP contribution < -0.4 is 9.04 Å². The van der Waals surface area contributed by atoms with Gasteiger partial charge < -0.3 is 9.84 Å². The van der Waals surface area contributed by atoms with E-state index in [1.807, 2.05) is 18.2 Å². The van der Waals surface area contributed by atoms with Crippen molar-refractivity contribution in [1.82, 2.24) is 4.98 Å². The Hall–Kier alpha value is -2.84. The number of benzene rings is 2. The number of methoxy groups -OCH3 is 1. The molecule has 4 rings (SSSR count). The summed E-state index contributed by atoms with van der Waals surface area (Å²) in [6.45, 7) is 0.191. The van der Waals surface area contributed by atoms with E-state index >= 15 is 0 Å². The van der Waals surface area contributed by atoms with Crippen molar-refractivity contribution in [2.45, 2.75) is 11.3 Å². The summed E-state index contributed by atoms with van der Waals surface area (Å²) in [4.78, 5) is 15.5. The number of pyridine rings is 1. The van der Waals surface area contributed by atoms with Crippen LogP contribution in [0.4, 0.5) is 5.82 Å². The van der Waals surface area contributed by atoms with Crippen LogP contribution in [0.2, 0.25) is 5.02 Å². The van der Waals surface area contributed by atoms with Crippen molar-refractivity contribution in [3.63, 3.8) is 0 Å². The molecule has 7 nitrogen and oxygen atoms in total. The first kappa shape index (κ1) is 18.5. The van der Waals surface area contributed by atoms with Crippen molar-refractivity contribution in [1.29, 1.82) is 0 Å². The molecule has 0 atom stereocenters. The monoisotopic (exact) mass is 418 g/mol. The Labute approximate surface area is 166 Å². The van der Waals surface area contributed by atoms with Gasteiger partial charge in [0.05, 0.1) is 17.7 Å². The van der Waals surface area contributed by atoms with E-state index in [0.717, 1.165) is 17.0 Å². The van der Waals surface area contributed by atoms with E-state index in [1.54, 1.807) is 6.07 Å². The van der Waals surface area contributed by atoms with Crippen LogP contribution in [-0.2, 0) is 16.4 Å². The van der Waals surface area contributed by atoms with Gasteiger partial charge in [0.25, 0.3) is 10.0 Å². The Kier molecular flexibility index (Phi) is 4.40. The second kappa shape index (κ2) is 6.65. The molecule has 0 saturated heterocycles. The van der Waals surface area contributed by atoms with Crippen LogP contribution >= 0.6 is 11.6 Å². The number of carboxylic acid groups (broad SMARTS) is 1. The third-order valence-electron chi connectivity index (χ3n) is 4.65. The molecule has 2 heterocycles. The molecule has 0 fully saturated rings. The highest BCUT2D eigenvalue weighted by Crippen LogP contribution is 2.37. The molecule has 2 aromatic carbocycles. The average Bonchev–Trinajstić information content (AvgIpc) is 3.09. The summed E-state index contributed by atoms with van der Waals surface area (Å²) in [6, 6.07) is 11.0. The lowest BCUT2D eigenvalue weighted by atomic mass is 10.1. The van der Waals surface area contributed by atoms with Gasteiger partial charge >= 0.3 is 5.97 Å². The lowest BCUT2D eigenvalue weighted by molar-refractivity contribution is 0.0696. The Balaban J connectivity index is 1.88. The van der Waals surface area contributed by atoms with Crippen LogP contribution in [-0.4, -0.2) is 38.1 Å². The predicted molar refractivity (Wildman–Crippen MR) is 105 cm³/mol. The first-order valence-corrected chi connectivity index (χ1v) is 10.2. The number of fused-ring (bicyclic) bond motifs is 2. The number of hydrogen-bond acceptors (Lipinski definition) is 5. The third-order valence-corrected chi connectivity index (χ3v) is 6.92. The van der Waals surface area contributed by atoms with Crippen molar-refractivity contribution in [2.24, 2.45) is 0 Å². The number of ether oxygens (including phenoxy) is 1. The molecule has 0 saturated carbocycles. The fraction of sp³-hybridized carbons (Fsp3) is 0.158. The summed E-state index contributed by atoms with van der Waals surface area (Å²) >= 11 is 6.09. The summed E-state index contributed by atoms with van der Waals surface area (Å²) in [6.07, 6.45) is 0.491. The number of sulfonamides is 1. The normalized spacial score (nSPS) is 13.6.